The lowest BCUT2D eigenvalue weighted by Crippen LogP contribution is -2.41. The van der Waals surface area contributed by atoms with Crippen molar-refractivity contribution in [2.75, 3.05) is 18.0 Å². The Kier molecular flexibility index (Phi) is 3.45. The van der Waals surface area contributed by atoms with Gasteiger partial charge >= 0.3 is 5.97 Å². The number of carboxylic acid groups (broad SMARTS) is 1. The van der Waals surface area contributed by atoms with Crippen LogP contribution in [0.2, 0.25) is 0 Å². The number of carbonyl (C=O) groups excluding carboxylic acids is 1. The van der Waals surface area contributed by atoms with Crippen molar-refractivity contribution in [2.45, 2.75) is 12.8 Å². The molecule has 0 aromatic carbocycles. The Morgan fingerprint density at radius 1 is 1.50 bits per heavy atom. The lowest BCUT2D eigenvalue weighted by molar-refractivity contribution is -0.122. The van der Waals surface area contributed by atoms with E-state index in [0.29, 0.717) is 12.4 Å². The second kappa shape index (κ2) is 5.03. The lowest BCUT2D eigenvalue weighted by atomic mass is 9.97. The number of rotatable bonds is 3. The predicted molar refractivity (Wildman–Crippen MR) is 65.3 cm³/mol. The van der Waals surface area contributed by atoms with Crippen LogP contribution in [0.15, 0.2) is 18.3 Å². The van der Waals surface area contributed by atoms with Crippen LogP contribution in [0.25, 0.3) is 0 Å². The van der Waals surface area contributed by atoms with E-state index in [1.54, 1.807) is 0 Å². The third-order valence-electron chi connectivity index (χ3n) is 3.14. The van der Waals surface area contributed by atoms with Gasteiger partial charge in [0, 0.05) is 19.3 Å². The largest absolute Gasteiger partial charge is 0.478 e. The van der Waals surface area contributed by atoms with Crippen molar-refractivity contribution < 1.29 is 14.7 Å². The molecule has 0 aliphatic carbocycles. The molecular weight excluding hydrogens is 234 g/mol. The highest BCUT2D eigenvalue weighted by molar-refractivity contribution is 5.88. The summed E-state index contributed by atoms with van der Waals surface area (Å²) in [4.78, 5) is 28.1. The third-order valence-corrected chi connectivity index (χ3v) is 3.14. The molecular formula is C12H15N3O3. The van der Waals surface area contributed by atoms with Crippen LogP contribution in [0.1, 0.15) is 23.2 Å². The minimum absolute atomic E-state index is 0.186. The molecule has 1 fully saturated rings. The summed E-state index contributed by atoms with van der Waals surface area (Å²) in [6.07, 6.45) is 3.10. The van der Waals surface area contributed by atoms with E-state index in [0.717, 1.165) is 19.4 Å². The summed E-state index contributed by atoms with van der Waals surface area (Å²) in [5.74, 6) is -0.897. The second-order valence-corrected chi connectivity index (χ2v) is 4.40. The van der Waals surface area contributed by atoms with Gasteiger partial charge in [-0.15, -0.1) is 0 Å². The van der Waals surface area contributed by atoms with E-state index in [1.807, 2.05) is 4.90 Å². The van der Waals surface area contributed by atoms with E-state index in [1.165, 1.54) is 18.3 Å². The highest BCUT2D eigenvalue weighted by atomic mass is 16.4. The Bertz CT molecular complexity index is 475. The number of hydrogen-bond donors (Lipinski definition) is 2. The third kappa shape index (κ3) is 2.58. The smallest absolute Gasteiger partial charge is 0.335 e. The maximum atomic E-state index is 11.2. The van der Waals surface area contributed by atoms with Gasteiger partial charge in [-0.05, 0) is 25.0 Å². The number of hydrogen-bond acceptors (Lipinski definition) is 4. The Balaban J connectivity index is 2.18. The Hall–Kier alpha value is -2.11. The van der Waals surface area contributed by atoms with Crippen LogP contribution in [-0.2, 0) is 4.79 Å². The average Bonchev–Trinajstić information content (AvgIpc) is 2.39. The van der Waals surface area contributed by atoms with Gasteiger partial charge in [-0.3, -0.25) is 4.79 Å². The number of carboxylic acids is 1. The van der Waals surface area contributed by atoms with Gasteiger partial charge in [-0.2, -0.15) is 0 Å². The van der Waals surface area contributed by atoms with Crippen LogP contribution in [0.4, 0.5) is 5.82 Å². The van der Waals surface area contributed by atoms with E-state index in [-0.39, 0.29) is 17.4 Å². The van der Waals surface area contributed by atoms with Gasteiger partial charge in [0.05, 0.1) is 11.5 Å². The minimum atomic E-state index is -0.984. The summed E-state index contributed by atoms with van der Waals surface area (Å²) >= 11 is 0. The van der Waals surface area contributed by atoms with Crippen LogP contribution >= 0.6 is 0 Å². The molecule has 2 heterocycles. The maximum Gasteiger partial charge on any atom is 0.335 e. The summed E-state index contributed by atoms with van der Waals surface area (Å²) in [5.41, 5.74) is 5.50. The molecule has 3 N–H and O–H groups in total. The second-order valence-electron chi connectivity index (χ2n) is 4.40. The van der Waals surface area contributed by atoms with E-state index in [2.05, 4.69) is 4.98 Å². The molecule has 1 atom stereocenters. The first-order chi connectivity index (χ1) is 8.58. The van der Waals surface area contributed by atoms with Gasteiger partial charge in [-0.25, -0.2) is 9.78 Å². The zero-order chi connectivity index (χ0) is 13.1. The number of primary amides is 1. The number of nitrogens with two attached hydrogens (primary N) is 1. The van der Waals surface area contributed by atoms with Crippen molar-refractivity contribution in [3.8, 4) is 0 Å². The Labute approximate surface area is 104 Å². The highest BCUT2D eigenvalue weighted by Gasteiger charge is 2.25. The van der Waals surface area contributed by atoms with Gasteiger partial charge in [-0.1, -0.05) is 0 Å². The molecule has 1 saturated heterocycles. The molecule has 0 bridgehead atoms. The van der Waals surface area contributed by atoms with Crippen molar-refractivity contribution in [3.05, 3.63) is 23.9 Å². The highest BCUT2D eigenvalue weighted by Crippen LogP contribution is 2.22. The number of pyridine rings is 1. The number of piperidine rings is 1. The molecule has 1 aliphatic heterocycles. The van der Waals surface area contributed by atoms with E-state index in [4.69, 9.17) is 10.8 Å². The molecule has 0 spiro atoms. The number of anilines is 1. The van der Waals surface area contributed by atoms with Crippen LogP contribution in [0.5, 0.6) is 0 Å². The Morgan fingerprint density at radius 2 is 2.28 bits per heavy atom. The summed E-state index contributed by atoms with van der Waals surface area (Å²) in [7, 11) is 0. The number of aromatic carboxylic acids is 1. The SMILES string of the molecule is NC(=O)C1CCCN(c2cc(C(=O)O)ccn2)C1. The fourth-order valence-electron chi connectivity index (χ4n) is 2.14. The molecule has 1 aromatic rings. The zero-order valence-corrected chi connectivity index (χ0v) is 9.87. The Morgan fingerprint density at radius 3 is 2.94 bits per heavy atom. The van der Waals surface area contributed by atoms with Crippen molar-refractivity contribution in [1.29, 1.82) is 0 Å². The molecule has 1 amide bonds. The van der Waals surface area contributed by atoms with Crippen molar-refractivity contribution in [3.63, 3.8) is 0 Å². The van der Waals surface area contributed by atoms with E-state index < -0.39 is 5.97 Å². The molecule has 1 unspecified atom stereocenters. The average molecular weight is 249 g/mol. The molecule has 1 aliphatic rings. The first kappa shape index (κ1) is 12.3. The zero-order valence-electron chi connectivity index (χ0n) is 9.87. The topological polar surface area (TPSA) is 96.5 Å². The fourth-order valence-corrected chi connectivity index (χ4v) is 2.14. The van der Waals surface area contributed by atoms with Gasteiger partial charge in [0.15, 0.2) is 0 Å². The summed E-state index contributed by atoms with van der Waals surface area (Å²) in [6, 6.07) is 2.97. The maximum absolute atomic E-state index is 11.2. The first-order valence-electron chi connectivity index (χ1n) is 5.81. The number of carbonyl (C=O) groups is 2. The van der Waals surface area contributed by atoms with Crippen LogP contribution in [0, 0.1) is 5.92 Å². The minimum Gasteiger partial charge on any atom is -0.478 e. The number of nitrogens with zero attached hydrogens (tertiary/aromatic N) is 2. The first-order valence-corrected chi connectivity index (χ1v) is 5.81. The van der Waals surface area contributed by atoms with Crippen molar-refractivity contribution in [1.82, 2.24) is 4.98 Å². The quantitative estimate of drug-likeness (QED) is 0.812. The molecule has 6 heteroatoms. The molecule has 1 aromatic heterocycles. The number of amides is 1. The molecule has 96 valence electrons. The van der Waals surface area contributed by atoms with Gasteiger partial charge in [0.25, 0.3) is 0 Å². The standard InChI is InChI=1S/C12H15N3O3/c13-11(16)9-2-1-5-15(7-9)10-6-8(12(17)18)3-4-14-10/h3-4,6,9H,1-2,5,7H2,(H2,13,16)(H,17,18). The van der Waals surface area contributed by atoms with Crippen molar-refractivity contribution in [2.24, 2.45) is 11.7 Å². The van der Waals surface area contributed by atoms with Gasteiger partial charge in [0.1, 0.15) is 5.82 Å². The molecule has 2 rings (SSSR count). The van der Waals surface area contributed by atoms with Crippen LogP contribution in [-0.4, -0.2) is 35.1 Å². The lowest BCUT2D eigenvalue weighted by Gasteiger charge is -2.32. The molecule has 0 saturated carbocycles. The molecule has 6 nitrogen and oxygen atoms in total. The van der Waals surface area contributed by atoms with E-state index >= 15 is 0 Å². The predicted octanol–water partition coefficient (Wildman–Crippen LogP) is 0.481. The van der Waals surface area contributed by atoms with Crippen molar-refractivity contribution >= 4 is 17.7 Å². The molecule has 18 heavy (non-hydrogen) atoms. The number of aromatic nitrogens is 1. The normalized spacial score (nSPS) is 19.6. The summed E-state index contributed by atoms with van der Waals surface area (Å²) in [6.45, 7) is 1.27. The summed E-state index contributed by atoms with van der Waals surface area (Å²) in [5, 5.41) is 8.93. The van der Waals surface area contributed by atoms with E-state index in [9.17, 15) is 9.59 Å². The van der Waals surface area contributed by atoms with Crippen LogP contribution in [0.3, 0.4) is 0 Å². The fraction of sp³-hybridized carbons (Fsp3) is 0.417. The summed E-state index contributed by atoms with van der Waals surface area (Å²) < 4.78 is 0. The van der Waals surface area contributed by atoms with Gasteiger partial charge in [0.2, 0.25) is 5.91 Å². The van der Waals surface area contributed by atoms with Crippen LogP contribution < -0.4 is 10.6 Å². The van der Waals surface area contributed by atoms with Gasteiger partial charge < -0.3 is 15.7 Å². The molecule has 0 radical (unpaired) electrons. The monoisotopic (exact) mass is 249 g/mol.